The third kappa shape index (κ3) is 4.80. The second kappa shape index (κ2) is 9.24. The molecule has 5 rings (SSSR count). The summed E-state index contributed by atoms with van der Waals surface area (Å²) in [6, 6.07) is 11.5. The van der Waals surface area contributed by atoms with E-state index in [2.05, 4.69) is 0 Å². The molecule has 0 unspecified atom stereocenters. The second-order valence-corrected chi connectivity index (χ2v) is 10.0. The van der Waals surface area contributed by atoms with Crippen molar-refractivity contribution in [3.05, 3.63) is 59.2 Å². The van der Waals surface area contributed by atoms with Gasteiger partial charge in [0.2, 0.25) is 11.8 Å². The van der Waals surface area contributed by atoms with Crippen molar-refractivity contribution in [2.24, 2.45) is 5.92 Å². The number of hydrogen-bond acceptors (Lipinski definition) is 5. The summed E-state index contributed by atoms with van der Waals surface area (Å²) in [6.45, 7) is 0.743. The maximum Gasteiger partial charge on any atom is 0.268 e. The molecule has 1 saturated carbocycles. The molecule has 0 N–H and O–H groups in total. The Morgan fingerprint density at radius 1 is 1.08 bits per heavy atom. The molecule has 0 aromatic heterocycles. The smallest absolute Gasteiger partial charge is 0.268 e. The van der Waals surface area contributed by atoms with Crippen molar-refractivity contribution >= 4 is 29.2 Å². The first-order valence-corrected chi connectivity index (χ1v) is 12.1. The molecule has 2 fully saturated rings. The highest BCUT2D eigenvalue weighted by atomic mass is 19.3. The normalized spacial score (nSPS) is 20.6. The second-order valence-electron chi connectivity index (χ2n) is 10.0. The van der Waals surface area contributed by atoms with Crippen molar-refractivity contribution in [1.82, 2.24) is 9.80 Å². The number of fused-ring (bicyclic) bond motifs is 1. The zero-order chi connectivity index (χ0) is 26.5. The number of ether oxygens (including phenoxy) is 1. The maximum absolute atomic E-state index is 13.1. The van der Waals surface area contributed by atoms with Gasteiger partial charge in [0.15, 0.2) is 11.9 Å². The fourth-order valence-corrected chi connectivity index (χ4v) is 4.91. The van der Waals surface area contributed by atoms with E-state index in [1.165, 1.54) is 21.9 Å². The Labute approximate surface area is 212 Å². The summed E-state index contributed by atoms with van der Waals surface area (Å²) in [6.07, 6.45) is -1.13. The van der Waals surface area contributed by atoms with E-state index in [1.807, 2.05) is 0 Å². The number of nitrogens with zero attached hydrogens (tertiary/aromatic N) is 3. The third-order valence-electron chi connectivity index (χ3n) is 7.14. The Bertz CT molecular complexity index is 1270. The molecule has 3 aliphatic rings. The number of benzene rings is 2. The molecule has 194 valence electrons. The Morgan fingerprint density at radius 3 is 2.43 bits per heavy atom. The number of amides is 3. The molecular formula is C27H27F2N3O5. The Kier molecular flexibility index (Phi) is 6.21. The molecule has 37 heavy (non-hydrogen) atoms. The molecule has 1 saturated heterocycles. The minimum absolute atomic E-state index is 0.00801. The summed E-state index contributed by atoms with van der Waals surface area (Å²) in [5, 5.41) is 0. The predicted octanol–water partition coefficient (Wildman–Crippen LogP) is 3.14. The number of likely N-dealkylation sites (N-methyl/N-ethyl adjacent to an activating group) is 1. The fraction of sp³-hybridized carbons (Fsp3) is 0.407. The number of halogens is 2. The number of carbonyl (C=O) groups excluding carboxylic acids is 4. The largest absolute Gasteiger partial charge is 0.481 e. The van der Waals surface area contributed by atoms with Crippen molar-refractivity contribution < 1.29 is 32.7 Å². The van der Waals surface area contributed by atoms with E-state index < -0.39 is 30.8 Å². The molecule has 1 aliphatic carbocycles. The van der Waals surface area contributed by atoms with E-state index >= 15 is 0 Å². The lowest BCUT2D eigenvalue weighted by molar-refractivity contribution is -0.129. The lowest BCUT2D eigenvalue weighted by Crippen LogP contribution is -2.39. The van der Waals surface area contributed by atoms with Gasteiger partial charge in [-0.15, -0.1) is 0 Å². The van der Waals surface area contributed by atoms with E-state index in [0.717, 1.165) is 5.56 Å². The maximum atomic E-state index is 13.1. The van der Waals surface area contributed by atoms with Gasteiger partial charge in [0.1, 0.15) is 12.3 Å². The first kappa shape index (κ1) is 24.9. The standard InChI is InChI=1S/C27H27F2N3O5/c1-30(2)23(33)15-31-14-17-3-6-19(11-21(17)25(31)35)32-10-9-22(26(32)36)37-20-7-4-16(5-8-20)24(34)18-12-27(28,29)13-18/h3-8,11,18,22H,9-10,12-15H2,1-2H3/t22-/m1/s1. The van der Waals surface area contributed by atoms with Crippen LogP contribution in [0.1, 0.15) is 45.5 Å². The number of alkyl halides is 2. The van der Waals surface area contributed by atoms with Gasteiger partial charge in [0.05, 0.1) is 0 Å². The lowest BCUT2D eigenvalue weighted by atomic mass is 9.77. The molecule has 0 spiro atoms. The molecule has 0 bridgehead atoms. The van der Waals surface area contributed by atoms with Crippen molar-refractivity contribution in [2.75, 3.05) is 32.1 Å². The predicted molar refractivity (Wildman–Crippen MR) is 130 cm³/mol. The van der Waals surface area contributed by atoms with Gasteiger partial charge in [-0.25, -0.2) is 8.78 Å². The van der Waals surface area contributed by atoms with Crippen LogP contribution in [0.2, 0.25) is 0 Å². The minimum atomic E-state index is -2.76. The molecular weight excluding hydrogens is 484 g/mol. The van der Waals surface area contributed by atoms with Gasteiger partial charge < -0.3 is 19.4 Å². The van der Waals surface area contributed by atoms with Crippen LogP contribution in [0, 0.1) is 5.92 Å². The van der Waals surface area contributed by atoms with Crippen molar-refractivity contribution in [3.8, 4) is 5.75 Å². The monoisotopic (exact) mass is 511 g/mol. The Morgan fingerprint density at radius 2 is 1.78 bits per heavy atom. The molecule has 2 heterocycles. The topological polar surface area (TPSA) is 87.2 Å². The summed E-state index contributed by atoms with van der Waals surface area (Å²) in [7, 11) is 3.27. The minimum Gasteiger partial charge on any atom is -0.481 e. The molecule has 3 amide bonds. The first-order valence-electron chi connectivity index (χ1n) is 12.1. The van der Waals surface area contributed by atoms with Gasteiger partial charge in [0.25, 0.3) is 11.8 Å². The highest BCUT2D eigenvalue weighted by Gasteiger charge is 2.48. The van der Waals surface area contributed by atoms with Gasteiger partial charge in [0, 0.05) is 69.2 Å². The van der Waals surface area contributed by atoms with Gasteiger partial charge in [-0.05, 0) is 42.0 Å². The van der Waals surface area contributed by atoms with Crippen LogP contribution in [-0.4, -0.2) is 72.5 Å². The van der Waals surface area contributed by atoms with Crippen LogP contribution in [0.3, 0.4) is 0 Å². The number of Topliss-reactive ketones (excluding diaryl/α,β-unsaturated/α-hetero) is 1. The molecule has 1 atom stereocenters. The third-order valence-corrected chi connectivity index (χ3v) is 7.14. The van der Waals surface area contributed by atoms with E-state index in [4.69, 9.17) is 4.74 Å². The number of anilines is 1. The van der Waals surface area contributed by atoms with Crippen molar-refractivity contribution in [3.63, 3.8) is 0 Å². The number of hydrogen-bond donors (Lipinski definition) is 0. The fourth-order valence-electron chi connectivity index (χ4n) is 4.91. The van der Waals surface area contributed by atoms with Crippen LogP contribution in [0.5, 0.6) is 5.75 Å². The van der Waals surface area contributed by atoms with Gasteiger partial charge in [-0.2, -0.15) is 0 Å². The highest BCUT2D eigenvalue weighted by molar-refractivity contribution is 6.04. The average Bonchev–Trinajstić information content (AvgIpc) is 3.36. The number of carbonyl (C=O) groups is 4. The van der Waals surface area contributed by atoms with Gasteiger partial charge in [-0.3, -0.25) is 19.2 Å². The van der Waals surface area contributed by atoms with Crippen LogP contribution in [0.25, 0.3) is 0 Å². The quantitative estimate of drug-likeness (QED) is 0.533. The number of rotatable bonds is 7. The van der Waals surface area contributed by atoms with Crippen LogP contribution < -0.4 is 9.64 Å². The highest BCUT2D eigenvalue weighted by Crippen LogP contribution is 2.44. The zero-order valence-corrected chi connectivity index (χ0v) is 20.6. The molecule has 10 heteroatoms. The summed E-state index contributed by atoms with van der Waals surface area (Å²) in [5.41, 5.74) is 2.21. The Balaban J connectivity index is 1.21. The van der Waals surface area contributed by atoms with Crippen LogP contribution in [-0.2, 0) is 16.1 Å². The zero-order valence-electron chi connectivity index (χ0n) is 20.6. The molecule has 2 aromatic rings. The summed E-state index contributed by atoms with van der Waals surface area (Å²) in [5.74, 6) is -3.98. The van der Waals surface area contributed by atoms with Crippen LogP contribution in [0.15, 0.2) is 42.5 Å². The van der Waals surface area contributed by atoms with Gasteiger partial charge in [-0.1, -0.05) is 6.07 Å². The van der Waals surface area contributed by atoms with E-state index in [9.17, 15) is 28.0 Å². The first-order chi connectivity index (χ1) is 17.5. The SMILES string of the molecule is CN(C)C(=O)CN1Cc2ccc(N3CC[C@@H](Oc4ccc(C(=O)C5CC(F)(F)C5)cc4)C3=O)cc2C1=O. The molecule has 8 nitrogen and oxygen atoms in total. The van der Waals surface area contributed by atoms with Crippen molar-refractivity contribution in [1.29, 1.82) is 0 Å². The molecule has 2 aromatic carbocycles. The lowest BCUT2D eigenvalue weighted by Gasteiger charge is -2.33. The van der Waals surface area contributed by atoms with E-state index in [-0.39, 0.29) is 30.0 Å². The van der Waals surface area contributed by atoms with E-state index in [1.54, 1.807) is 49.3 Å². The Hall–Kier alpha value is -3.82. The van der Waals surface area contributed by atoms with Crippen molar-refractivity contribution in [2.45, 2.75) is 37.8 Å². The van der Waals surface area contributed by atoms with Crippen LogP contribution >= 0.6 is 0 Å². The number of ketones is 1. The van der Waals surface area contributed by atoms with E-state index in [0.29, 0.717) is 42.1 Å². The van der Waals surface area contributed by atoms with Gasteiger partial charge >= 0.3 is 0 Å². The summed E-state index contributed by atoms with van der Waals surface area (Å²) in [4.78, 5) is 54.8. The molecule has 2 aliphatic heterocycles. The summed E-state index contributed by atoms with van der Waals surface area (Å²) >= 11 is 0. The summed E-state index contributed by atoms with van der Waals surface area (Å²) < 4.78 is 32.0. The van der Waals surface area contributed by atoms with Crippen LogP contribution in [0.4, 0.5) is 14.5 Å². The average molecular weight is 512 g/mol. The molecule has 0 radical (unpaired) electrons.